The summed E-state index contributed by atoms with van der Waals surface area (Å²) in [6.07, 6.45) is 0. The van der Waals surface area contributed by atoms with Crippen LogP contribution >= 0.6 is 11.9 Å². The zero-order chi connectivity index (χ0) is 9.10. The van der Waals surface area contributed by atoms with E-state index in [4.69, 9.17) is 4.74 Å². The minimum Gasteiger partial charge on any atom is -0.491 e. The van der Waals surface area contributed by atoms with Crippen LogP contribution in [-0.4, -0.2) is 24.0 Å². The fraction of sp³-hybridized carbons (Fsp3) is 0.400. The van der Waals surface area contributed by atoms with Crippen molar-refractivity contribution >= 4 is 11.9 Å². The van der Waals surface area contributed by atoms with E-state index < -0.39 is 0 Å². The lowest BCUT2D eigenvalue weighted by Crippen LogP contribution is -2.19. The molecule has 0 aromatic heterocycles. The average molecular weight is 195 g/mol. The lowest BCUT2D eigenvalue weighted by Gasteiger charge is -2.14. The van der Waals surface area contributed by atoms with Gasteiger partial charge in [0.1, 0.15) is 12.4 Å². The predicted molar refractivity (Wildman–Crippen MR) is 55.0 cm³/mol. The van der Waals surface area contributed by atoms with E-state index in [0.717, 1.165) is 25.4 Å². The summed E-state index contributed by atoms with van der Waals surface area (Å²) >= 11 is 1.79. The normalized spacial score (nSPS) is 17.3. The molecule has 0 N–H and O–H groups in total. The Kier molecular flexibility index (Phi) is 2.76. The maximum Gasteiger partial charge on any atom is 0.134 e. The van der Waals surface area contributed by atoms with Gasteiger partial charge in [-0.1, -0.05) is 19.1 Å². The van der Waals surface area contributed by atoms with Gasteiger partial charge in [-0.05, 0) is 24.1 Å². The number of hydrogen-bond acceptors (Lipinski definition) is 3. The quantitative estimate of drug-likeness (QED) is 0.638. The molecule has 0 radical (unpaired) electrons. The van der Waals surface area contributed by atoms with Gasteiger partial charge in [0.05, 0.1) is 4.90 Å². The number of likely N-dealkylation sites (N-methyl/N-ethyl adjacent to an activating group) is 1. The first-order valence-corrected chi connectivity index (χ1v) is 5.32. The molecule has 2 rings (SSSR count). The predicted octanol–water partition coefficient (Wildman–Crippen LogP) is 2.41. The Hall–Kier alpha value is -0.670. The molecule has 0 fully saturated rings. The molecule has 0 aliphatic carbocycles. The van der Waals surface area contributed by atoms with Gasteiger partial charge in [-0.25, -0.2) is 4.31 Å². The SMILES string of the molecule is CCN1CCOc2ccccc2S1. The second-order valence-electron chi connectivity index (χ2n) is 2.91. The van der Waals surface area contributed by atoms with Crippen LogP contribution in [0.4, 0.5) is 0 Å². The molecule has 2 nitrogen and oxygen atoms in total. The van der Waals surface area contributed by atoms with Gasteiger partial charge in [-0.2, -0.15) is 0 Å². The Bertz CT molecular complexity index is 290. The molecule has 13 heavy (non-hydrogen) atoms. The van der Waals surface area contributed by atoms with E-state index in [0.29, 0.717) is 0 Å². The van der Waals surface area contributed by atoms with Crippen LogP contribution in [0.25, 0.3) is 0 Å². The molecular weight excluding hydrogens is 182 g/mol. The van der Waals surface area contributed by atoms with E-state index in [1.165, 1.54) is 4.90 Å². The van der Waals surface area contributed by atoms with E-state index in [-0.39, 0.29) is 0 Å². The van der Waals surface area contributed by atoms with Gasteiger partial charge in [-0.15, -0.1) is 0 Å². The number of benzene rings is 1. The van der Waals surface area contributed by atoms with Crippen molar-refractivity contribution in [2.45, 2.75) is 11.8 Å². The fourth-order valence-corrected chi connectivity index (χ4v) is 2.24. The second-order valence-corrected chi connectivity index (χ2v) is 4.05. The van der Waals surface area contributed by atoms with Crippen LogP contribution in [-0.2, 0) is 0 Å². The van der Waals surface area contributed by atoms with Crippen LogP contribution < -0.4 is 4.74 Å². The smallest absolute Gasteiger partial charge is 0.134 e. The third-order valence-electron chi connectivity index (χ3n) is 2.03. The minimum atomic E-state index is 0.790. The van der Waals surface area contributed by atoms with Crippen LogP contribution in [0, 0.1) is 0 Å². The monoisotopic (exact) mass is 195 g/mol. The summed E-state index contributed by atoms with van der Waals surface area (Å²) in [6.45, 7) is 5.01. The Balaban J connectivity index is 2.23. The average Bonchev–Trinajstić information content (AvgIpc) is 2.38. The molecule has 1 aliphatic rings. The first-order valence-electron chi connectivity index (χ1n) is 4.55. The van der Waals surface area contributed by atoms with E-state index >= 15 is 0 Å². The lowest BCUT2D eigenvalue weighted by atomic mass is 10.3. The first kappa shape index (κ1) is 8.91. The van der Waals surface area contributed by atoms with Gasteiger partial charge in [0.2, 0.25) is 0 Å². The summed E-state index contributed by atoms with van der Waals surface area (Å²) in [4.78, 5) is 1.22. The van der Waals surface area contributed by atoms with Gasteiger partial charge in [0, 0.05) is 13.1 Å². The molecular formula is C10H13NOS. The summed E-state index contributed by atoms with van der Waals surface area (Å²) in [7, 11) is 0. The maximum absolute atomic E-state index is 5.62. The van der Waals surface area contributed by atoms with Crippen LogP contribution in [0.3, 0.4) is 0 Å². The van der Waals surface area contributed by atoms with Crippen molar-refractivity contribution in [2.75, 3.05) is 19.7 Å². The minimum absolute atomic E-state index is 0.790. The molecule has 1 heterocycles. The van der Waals surface area contributed by atoms with Gasteiger partial charge in [0.15, 0.2) is 0 Å². The fourth-order valence-electron chi connectivity index (χ4n) is 1.31. The van der Waals surface area contributed by atoms with Crippen molar-refractivity contribution in [3.8, 4) is 5.75 Å². The Labute approximate surface area is 83.0 Å². The number of para-hydroxylation sites is 1. The highest BCUT2D eigenvalue weighted by Gasteiger charge is 2.13. The van der Waals surface area contributed by atoms with Crippen LogP contribution in [0.1, 0.15) is 6.92 Å². The van der Waals surface area contributed by atoms with Crippen LogP contribution in [0.15, 0.2) is 29.2 Å². The van der Waals surface area contributed by atoms with Crippen molar-refractivity contribution in [3.63, 3.8) is 0 Å². The largest absolute Gasteiger partial charge is 0.491 e. The number of rotatable bonds is 1. The standard InChI is InChI=1S/C10H13NOS/c1-2-11-7-8-12-9-5-3-4-6-10(9)13-11/h3-6H,2,7-8H2,1H3. The molecule has 0 unspecified atom stereocenters. The lowest BCUT2D eigenvalue weighted by molar-refractivity contribution is 0.288. The number of fused-ring (bicyclic) bond motifs is 1. The van der Waals surface area contributed by atoms with E-state index in [2.05, 4.69) is 17.3 Å². The second kappa shape index (κ2) is 4.03. The number of ether oxygens (including phenoxy) is 1. The molecule has 0 atom stereocenters. The van der Waals surface area contributed by atoms with Crippen molar-refractivity contribution in [3.05, 3.63) is 24.3 Å². The Morgan fingerprint density at radius 2 is 2.31 bits per heavy atom. The van der Waals surface area contributed by atoms with Gasteiger partial charge >= 0.3 is 0 Å². The Morgan fingerprint density at radius 3 is 3.15 bits per heavy atom. The van der Waals surface area contributed by atoms with Crippen molar-refractivity contribution in [1.82, 2.24) is 4.31 Å². The highest BCUT2D eigenvalue weighted by molar-refractivity contribution is 7.97. The molecule has 0 spiro atoms. The topological polar surface area (TPSA) is 12.5 Å². The summed E-state index contributed by atoms with van der Waals surface area (Å²) in [5.74, 6) is 1.02. The number of nitrogens with zero attached hydrogens (tertiary/aromatic N) is 1. The van der Waals surface area contributed by atoms with E-state index in [1.807, 2.05) is 18.2 Å². The molecule has 0 amide bonds. The summed E-state index contributed by atoms with van der Waals surface area (Å²) in [6, 6.07) is 8.20. The van der Waals surface area contributed by atoms with Gasteiger partial charge in [0.25, 0.3) is 0 Å². The molecule has 0 saturated carbocycles. The molecule has 0 saturated heterocycles. The van der Waals surface area contributed by atoms with Crippen molar-refractivity contribution < 1.29 is 4.74 Å². The van der Waals surface area contributed by atoms with E-state index in [9.17, 15) is 0 Å². The zero-order valence-corrected chi connectivity index (χ0v) is 8.51. The summed E-state index contributed by atoms with van der Waals surface area (Å²) in [5, 5.41) is 0. The van der Waals surface area contributed by atoms with Gasteiger partial charge < -0.3 is 4.74 Å². The summed E-state index contributed by atoms with van der Waals surface area (Å²) in [5.41, 5.74) is 0. The highest BCUT2D eigenvalue weighted by Crippen LogP contribution is 2.33. The molecule has 1 aromatic carbocycles. The highest BCUT2D eigenvalue weighted by atomic mass is 32.2. The van der Waals surface area contributed by atoms with Crippen molar-refractivity contribution in [1.29, 1.82) is 0 Å². The van der Waals surface area contributed by atoms with Crippen LogP contribution in [0.5, 0.6) is 5.75 Å². The zero-order valence-electron chi connectivity index (χ0n) is 7.69. The van der Waals surface area contributed by atoms with E-state index in [1.54, 1.807) is 11.9 Å². The molecule has 70 valence electrons. The first-order chi connectivity index (χ1) is 6.40. The van der Waals surface area contributed by atoms with Gasteiger partial charge in [-0.3, -0.25) is 0 Å². The molecule has 3 heteroatoms. The molecule has 0 bridgehead atoms. The van der Waals surface area contributed by atoms with Crippen LogP contribution in [0.2, 0.25) is 0 Å². The third-order valence-corrected chi connectivity index (χ3v) is 3.26. The molecule has 1 aromatic rings. The maximum atomic E-state index is 5.62. The molecule has 1 aliphatic heterocycles. The number of hydrogen-bond donors (Lipinski definition) is 0. The third kappa shape index (κ3) is 1.98. The Morgan fingerprint density at radius 1 is 1.46 bits per heavy atom. The summed E-state index contributed by atoms with van der Waals surface area (Å²) < 4.78 is 7.93. The van der Waals surface area contributed by atoms with Crippen molar-refractivity contribution in [2.24, 2.45) is 0 Å².